The standard InChI is InChI=1S/C17H21NO3/c1-21-7-6-18-11-13(10-17(18)20)8-12-2-4-15-14(9-12)3-5-16(15)19/h2,4,9,13H,3,5-8,10-11H2,1H3. The Kier molecular flexibility index (Phi) is 4.06. The minimum Gasteiger partial charge on any atom is -0.383 e. The Bertz CT molecular complexity index is 567. The van der Waals surface area contributed by atoms with Gasteiger partial charge in [-0.25, -0.2) is 0 Å². The van der Waals surface area contributed by atoms with Crippen molar-refractivity contribution in [3.63, 3.8) is 0 Å². The molecule has 4 heteroatoms. The summed E-state index contributed by atoms with van der Waals surface area (Å²) in [6, 6.07) is 6.16. The van der Waals surface area contributed by atoms with E-state index in [1.165, 1.54) is 11.1 Å². The van der Waals surface area contributed by atoms with Crippen molar-refractivity contribution in [2.45, 2.75) is 25.7 Å². The number of ether oxygens (including phenoxy) is 1. The van der Waals surface area contributed by atoms with Gasteiger partial charge in [-0.15, -0.1) is 0 Å². The number of benzene rings is 1. The van der Waals surface area contributed by atoms with Crippen LogP contribution in [0.1, 0.15) is 34.3 Å². The highest BCUT2D eigenvalue weighted by Crippen LogP contribution is 2.26. The van der Waals surface area contributed by atoms with E-state index in [0.717, 1.165) is 24.9 Å². The van der Waals surface area contributed by atoms with Gasteiger partial charge < -0.3 is 9.64 Å². The molecule has 112 valence electrons. The Hall–Kier alpha value is -1.68. The molecule has 0 radical (unpaired) electrons. The molecule has 0 bridgehead atoms. The molecule has 0 N–H and O–H groups in total. The van der Waals surface area contributed by atoms with Crippen LogP contribution in [0.5, 0.6) is 0 Å². The molecule has 1 aliphatic carbocycles. The zero-order valence-corrected chi connectivity index (χ0v) is 12.4. The molecule has 1 unspecified atom stereocenters. The molecule has 1 aromatic carbocycles. The molecular weight excluding hydrogens is 266 g/mol. The molecule has 0 saturated carbocycles. The largest absolute Gasteiger partial charge is 0.383 e. The minimum absolute atomic E-state index is 0.230. The molecule has 2 aliphatic rings. The smallest absolute Gasteiger partial charge is 0.223 e. The van der Waals surface area contributed by atoms with Crippen LogP contribution in [0.2, 0.25) is 0 Å². The molecule has 4 nitrogen and oxygen atoms in total. The van der Waals surface area contributed by atoms with Crippen LogP contribution in [0.25, 0.3) is 0 Å². The van der Waals surface area contributed by atoms with Gasteiger partial charge in [-0.1, -0.05) is 18.2 Å². The van der Waals surface area contributed by atoms with Gasteiger partial charge in [0.1, 0.15) is 0 Å². The maximum atomic E-state index is 11.9. The van der Waals surface area contributed by atoms with E-state index in [9.17, 15) is 9.59 Å². The molecule has 21 heavy (non-hydrogen) atoms. The highest BCUT2D eigenvalue weighted by molar-refractivity contribution is 6.00. The number of hydrogen-bond donors (Lipinski definition) is 0. The number of ketones is 1. The molecule has 1 aliphatic heterocycles. The van der Waals surface area contributed by atoms with E-state index in [1.807, 2.05) is 17.0 Å². The van der Waals surface area contributed by atoms with Crippen LogP contribution in [0.4, 0.5) is 0 Å². The van der Waals surface area contributed by atoms with Gasteiger partial charge in [0.05, 0.1) is 6.61 Å². The van der Waals surface area contributed by atoms with Gasteiger partial charge in [-0.3, -0.25) is 9.59 Å². The van der Waals surface area contributed by atoms with Gasteiger partial charge in [0.2, 0.25) is 5.91 Å². The van der Waals surface area contributed by atoms with Crippen molar-refractivity contribution in [3.8, 4) is 0 Å². The zero-order chi connectivity index (χ0) is 14.8. The number of aryl methyl sites for hydroxylation is 1. The van der Waals surface area contributed by atoms with Crippen LogP contribution in [0.15, 0.2) is 18.2 Å². The van der Waals surface area contributed by atoms with E-state index in [0.29, 0.717) is 31.9 Å². The summed E-state index contributed by atoms with van der Waals surface area (Å²) in [6.07, 6.45) is 3.05. The number of likely N-dealkylation sites (tertiary alicyclic amines) is 1. The van der Waals surface area contributed by atoms with Crippen LogP contribution in [0, 0.1) is 5.92 Å². The predicted octanol–water partition coefficient (Wildman–Crippen LogP) is 1.85. The van der Waals surface area contributed by atoms with Crippen molar-refractivity contribution in [1.82, 2.24) is 4.90 Å². The summed E-state index contributed by atoms with van der Waals surface area (Å²) in [5.41, 5.74) is 3.32. The Balaban J connectivity index is 1.63. The number of Topliss-reactive ketones (excluding diaryl/α,β-unsaturated/α-hetero) is 1. The van der Waals surface area contributed by atoms with Crippen molar-refractivity contribution in [3.05, 3.63) is 34.9 Å². The van der Waals surface area contributed by atoms with Gasteiger partial charge in [0.15, 0.2) is 5.78 Å². The molecule has 0 aromatic heterocycles. The first-order valence-corrected chi connectivity index (χ1v) is 7.59. The Labute approximate surface area is 125 Å². The first-order chi connectivity index (χ1) is 10.2. The SMILES string of the molecule is COCCN1CC(Cc2ccc3c(c2)CCC3=O)CC1=O. The average molecular weight is 287 g/mol. The van der Waals surface area contributed by atoms with Crippen LogP contribution < -0.4 is 0 Å². The molecule has 0 spiro atoms. The topological polar surface area (TPSA) is 46.6 Å². The summed E-state index contributed by atoms with van der Waals surface area (Å²) in [5.74, 6) is 0.872. The summed E-state index contributed by atoms with van der Waals surface area (Å²) in [5, 5.41) is 0. The number of hydrogen-bond acceptors (Lipinski definition) is 3. The third-order valence-electron chi connectivity index (χ3n) is 4.48. The maximum absolute atomic E-state index is 11.9. The fourth-order valence-electron chi connectivity index (χ4n) is 3.38. The third kappa shape index (κ3) is 3.00. The molecule has 1 atom stereocenters. The molecule has 1 fully saturated rings. The Morgan fingerprint density at radius 3 is 2.95 bits per heavy atom. The van der Waals surface area contributed by atoms with E-state index < -0.39 is 0 Å². The monoisotopic (exact) mass is 287 g/mol. The number of carbonyl (C=O) groups excluding carboxylic acids is 2. The fraction of sp³-hybridized carbons (Fsp3) is 0.529. The van der Waals surface area contributed by atoms with E-state index in [-0.39, 0.29) is 11.7 Å². The molecule has 1 amide bonds. The molecule has 1 aromatic rings. The highest BCUT2D eigenvalue weighted by atomic mass is 16.5. The lowest BCUT2D eigenvalue weighted by atomic mass is 9.96. The van der Waals surface area contributed by atoms with E-state index in [2.05, 4.69) is 6.07 Å². The van der Waals surface area contributed by atoms with Crippen LogP contribution in [-0.2, 0) is 22.4 Å². The normalized spacial score (nSPS) is 21.2. The zero-order valence-electron chi connectivity index (χ0n) is 12.4. The Morgan fingerprint density at radius 2 is 2.14 bits per heavy atom. The van der Waals surface area contributed by atoms with E-state index >= 15 is 0 Å². The van der Waals surface area contributed by atoms with Crippen molar-refractivity contribution in [1.29, 1.82) is 0 Å². The number of rotatable bonds is 5. The quantitative estimate of drug-likeness (QED) is 0.830. The van der Waals surface area contributed by atoms with E-state index in [1.54, 1.807) is 7.11 Å². The van der Waals surface area contributed by atoms with Crippen molar-refractivity contribution >= 4 is 11.7 Å². The number of methoxy groups -OCH3 is 1. The molecular formula is C17H21NO3. The lowest BCUT2D eigenvalue weighted by molar-refractivity contribution is -0.128. The van der Waals surface area contributed by atoms with Crippen LogP contribution in [0.3, 0.4) is 0 Å². The van der Waals surface area contributed by atoms with Gasteiger partial charge in [0.25, 0.3) is 0 Å². The van der Waals surface area contributed by atoms with Gasteiger partial charge >= 0.3 is 0 Å². The summed E-state index contributed by atoms with van der Waals surface area (Å²) in [4.78, 5) is 25.5. The van der Waals surface area contributed by atoms with Gasteiger partial charge in [-0.2, -0.15) is 0 Å². The lowest BCUT2D eigenvalue weighted by Crippen LogP contribution is -2.28. The lowest BCUT2D eigenvalue weighted by Gasteiger charge is -2.16. The second-order valence-electron chi connectivity index (χ2n) is 6.02. The van der Waals surface area contributed by atoms with Crippen molar-refractivity contribution in [2.75, 3.05) is 26.8 Å². The van der Waals surface area contributed by atoms with Crippen LogP contribution >= 0.6 is 0 Å². The summed E-state index contributed by atoms with van der Waals surface area (Å²) in [7, 11) is 1.66. The summed E-state index contributed by atoms with van der Waals surface area (Å²) in [6.45, 7) is 2.10. The second kappa shape index (κ2) is 5.98. The highest BCUT2D eigenvalue weighted by Gasteiger charge is 2.29. The second-order valence-corrected chi connectivity index (χ2v) is 6.02. The van der Waals surface area contributed by atoms with Gasteiger partial charge in [-0.05, 0) is 29.9 Å². The van der Waals surface area contributed by atoms with E-state index in [4.69, 9.17) is 4.74 Å². The summed E-state index contributed by atoms with van der Waals surface area (Å²) >= 11 is 0. The third-order valence-corrected chi connectivity index (χ3v) is 4.48. The van der Waals surface area contributed by atoms with Gasteiger partial charge in [0, 0.05) is 38.6 Å². The fourth-order valence-corrected chi connectivity index (χ4v) is 3.38. The first-order valence-electron chi connectivity index (χ1n) is 7.59. The Morgan fingerprint density at radius 1 is 1.29 bits per heavy atom. The number of nitrogens with zero attached hydrogens (tertiary/aromatic N) is 1. The number of fused-ring (bicyclic) bond motifs is 1. The number of carbonyl (C=O) groups is 2. The minimum atomic E-state index is 0.230. The van der Waals surface area contributed by atoms with Crippen molar-refractivity contribution < 1.29 is 14.3 Å². The summed E-state index contributed by atoms with van der Waals surface area (Å²) < 4.78 is 5.04. The molecule has 1 heterocycles. The molecule has 3 rings (SSSR count). The predicted molar refractivity (Wildman–Crippen MR) is 79.4 cm³/mol. The number of amides is 1. The van der Waals surface area contributed by atoms with Crippen LogP contribution in [-0.4, -0.2) is 43.4 Å². The maximum Gasteiger partial charge on any atom is 0.223 e. The molecule has 1 saturated heterocycles. The average Bonchev–Trinajstić information content (AvgIpc) is 3.00. The first kappa shape index (κ1) is 14.3. The van der Waals surface area contributed by atoms with Crippen molar-refractivity contribution in [2.24, 2.45) is 5.92 Å².